The summed E-state index contributed by atoms with van der Waals surface area (Å²) in [4.78, 5) is 6.92. The van der Waals surface area contributed by atoms with Crippen LogP contribution in [0.15, 0.2) is 65.4 Å². The lowest BCUT2D eigenvalue weighted by Crippen LogP contribution is -2.47. The van der Waals surface area contributed by atoms with Gasteiger partial charge in [0.25, 0.3) is 0 Å². The average Bonchev–Trinajstić information content (AvgIpc) is 3.22. The molecular weight excluding hydrogens is 428 g/mol. The molecule has 1 aliphatic heterocycles. The van der Waals surface area contributed by atoms with Crippen LogP contribution in [0.3, 0.4) is 0 Å². The van der Waals surface area contributed by atoms with Crippen LogP contribution >= 0.6 is 11.3 Å². The summed E-state index contributed by atoms with van der Waals surface area (Å²) in [6.07, 6.45) is 1.65. The van der Waals surface area contributed by atoms with Gasteiger partial charge in [0.2, 0.25) is 10.0 Å². The van der Waals surface area contributed by atoms with E-state index in [1.54, 1.807) is 21.7 Å². The molecule has 1 N–H and O–H groups in total. The van der Waals surface area contributed by atoms with Gasteiger partial charge in [0.1, 0.15) is 0 Å². The molecule has 31 heavy (non-hydrogen) atoms. The molecule has 8 heteroatoms. The van der Waals surface area contributed by atoms with Gasteiger partial charge in [0.15, 0.2) is 5.13 Å². The lowest BCUT2D eigenvalue weighted by atomic mass is 10.2. The highest BCUT2D eigenvalue weighted by Gasteiger charge is 2.25. The van der Waals surface area contributed by atoms with Gasteiger partial charge in [-0.15, -0.1) is 11.3 Å². The molecule has 0 atom stereocenters. The van der Waals surface area contributed by atoms with Crippen molar-refractivity contribution in [2.45, 2.75) is 13.5 Å². The zero-order valence-corrected chi connectivity index (χ0v) is 19.1. The summed E-state index contributed by atoms with van der Waals surface area (Å²) < 4.78 is 26.8. The lowest BCUT2D eigenvalue weighted by molar-refractivity contribution is 0.181. The maximum absolute atomic E-state index is 12.6. The van der Waals surface area contributed by atoms with Crippen molar-refractivity contribution in [3.05, 3.63) is 82.2 Å². The van der Waals surface area contributed by atoms with Gasteiger partial charge in [-0.3, -0.25) is 4.90 Å². The van der Waals surface area contributed by atoms with Crippen molar-refractivity contribution >= 4 is 38.3 Å². The van der Waals surface area contributed by atoms with E-state index in [1.165, 1.54) is 11.0 Å². The molecule has 4 rings (SSSR count). The van der Waals surface area contributed by atoms with E-state index >= 15 is 0 Å². The van der Waals surface area contributed by atoms with E-state index in [9.17, 15) is 8.42 Å². The predicted molar refractivity (Wildman–Crippen MR) is 128 cm³/mol. The number of rotatable bonds is 7. The molecule has 1 fully saturated rings. The quantitative estimate of drug-likeness (QED) is 0.576. The smallest absolute Gasteiger partial charge is 0.236 e. The first-order chi connectivity index (χ1) is 15.0. The van der Waals surface area contributed by atoms with Crippen LogP contribution in [0.1, 0.15) is 16.8 Å². The van der Waals surface area contributed by atoms with Gasteiger partial charge in [-0.05, 0) is 30.7 Å². The monoisotopic (exact) mass is 454 g/mol. The molecule has 0 bridgehead atoms. The summed E-state index contributed by atoms with van der Waals surface area (Å²) in [6, 6.07) is 17.7. The minimum Gasteiger partial charge on any atom is -0.332 e. The molecule has 0 saturated carbocycles. The van der Waals surface area contributed by atoms with E-state index in [2.05, 4.69) is 39.6 Å². The highest BCUT2D eigenvalue weighted by Crippen LogP contribution is 2.22. The molecule has 1 aliphatic rings. The summed E-state index contributed by atoms with van der Waals surface area (Å²) in [5, 5.41) is 7.57. The summed E-state index contributed by atoms with van der Waals surface area (Å²) >= 11 is 1.58. The fourth-order valence-electron chi connectivity index (χ4n) is 3.38. The third-order valence-corrected chi connectivity index (χ3v) is 7.53. The summed E-state index contributed by atoms with van der Waals surface area (Å²) in [5.74, 6) is 0. The van der Waals surface area contributed by atoms with Crippen LogP contribution in [0.2, 0.25) is 0 Å². The Morgan fingerprint density at radius 1 is 1.03 bits per heavy atom. The molecule has 162 valence electrons. The van der Waals surface area contributed by atoms with Crippen LogP contribution in [0.25, 0.3) is 6.08 Å². The van der Waals surface area contributed by atoms with Gasteiger partial charge in [-0.2, -0.15) is 4.31 Å². The molecule has 1 saturated heterocycles. The highest BCUT2D eigenvalue weighted by atomic mass is 32.2. The van der Waals surface area contributed by atoms with Crippen molar-refractivity contribution in [3.63, 3.8) is 0 Å². The zero-order valence-electron chi connectivity index (χ0n) is 17.4. The number of sulfonamides is 1. The molecule has 0 amide bonds. The average molecular weight is 455 g/mol. The molecule has 0 unspecified atom stereocenters. The molecule has 3 aromatic rings. The second-order valence-corrected chi connectivity index (χ2v) is 10.2. The first-order valence-corrected chi connectivity index (χ1v) is 12.6. The second kappa shape index (κ2) is 9.74. The fourth-order valence-corrected chi connectivity index (χ4v) is 5.28. The molecule has 2 heterocycles. The van der Waals surface area contributed by atoms with E-state index < -0.39 is 10.0 Å². The number of benzene rings is 2. The van der Waals surface area contributed by atoms with E-state index in [4.69, 9.17) is 0 Å². The number of aromatic nitrogens is 1. The topological polar surface area (TPSA) is 65.5 Å². The van der Waals surface area contributed by atoms with E-state index in [0.717, 1.165) is 28.6 Å². The van der Waals surface area contributed by atoms with Gasteiger partial charge in [-0.25, -0.2) is 13.4 Å². The number of thiazole rings is 1. The molecule has 6 nitrogen and oxygen atoms in total. The Kier molecular flexibility index (Phi) is 6.82. The van der Waals surface area contributed by atoms with Crippen molar-refractivity contribution in [2.75, 3.05) is 31.5 Å². The van der Waals surface area contributed by atoms with Crippen LogP contribution in [0.4, 0.5) is 10.8 Å². The molecule has 0 radical (unpaired) electrons. The minimum absolute atomic E-state index is 0.486. The van der Waals surface area contributed by atoms with Crippen molar-refractivity contribution < 1.29 is 8.42 Å². The SMILES string of the molecule is Cc1ccc(Nc2nc(CN3CCN(S(=O)(=O)/C=C/c4ccccc4)CC3)cs2)cc1. The van der Waals surface area contributed by atoms with Crippen molar-refractivity contribution in [2.24, 2.45) is 0 Å². The maximum Gasteiger partial charge on any atom is 0.236 e. The van der Waals surface area contributed by atoms with Gasteiger partial charge in [0, 0.05) is 49.2 Å². The minimum atomic E-state index is -3.41. The Balaban J connectivity index is 1.29. The van der Waals surface area contributed by atoms with Crippen LogP contribution in [-0.2, 0) is 16.6 Å². The molecule has 0 aliphatic carbocycles. The summed E-state index contributed by atoms with van der Waals surface area (Å²) in [6.45, 7) is 5.14. The molecule has 2 aromatic carbocycles. The highest BCUT2D eigenvalue weighted by molar-refractivity contribution is 7.92. The van der Waals surface area contributed by atoms with Gasteiger partial charge in [0.05, 0.1) is 5.69 Å². The van der Waals surface area contributed by atoms with Crippen LogP contribution in [0.5, 0.6) is 0 Å². The zero-order chi connectivity index (χ0) is 21.7. The summed E-state index contributed by atoms with van der Waals surface area (Å²) in [5.41, 5.74) is 4.12. The predicted octanol–water partition coefficient (Wildman–Crippen LogP) is 4.31. The number of piperazine rings is 1. The van der Waals surface area contributed by atoms with Gasteiger partial charge >= 0.3 is 0 Å². The van der Waals surface area contributed by atoms with E-state index in [0.29, 0.717) is 26.2 Å². The molecule has 1 aromatic heterocycles. The van der Waals surface area contributed by atoms with E-state index in [-0.39, 0.29) is 0 Å². The van der Waals surface area contributed by atoms with Crippen LogP contribution in [0, 0.1) is 6.92 Å². The van der Waals surface area contributed by atoms with Crippen LogP contribution in [-0.4, -0.2) is 48.8 Å². The first-order valence-electron chi connectivity index (χ1n) is 10.2. The van der Waals surface area contributed by atoms with Crippen molar-refractivity contribution in [3.8, 4) is 0 Å². The Morgan fingerprint density at radius 3 is 2.45 bits per heavy atom. The fraction of sp³-hybridized carbons (Fsp3) is 0.261. The number of nitrogens with zero attached hydrogens (tertiary/aromatic N) is 3. The second-order valence-electron chi connectivity index (χ2n) is 7.57. The Labute approximate surface area is 187 Å². The van der Waals surface area contributed by atoms with Crippen molar-refractivity contribution in [1.29, 1.82) is 0 Å². The standard InChI is InChI=1S/C23H26N4O2S2/c1-19-7-9-21(10-8-19)24-23-25-22(18-30-23)17-26-12-14-27(15-13-26)31(28,29)16-11-20-5-3-2-4-6-20/h2-11,16,18H,12-15,17H2,1H3,(H,24,25)/b16-11+. The Morgan fingerprint density at radius 2 is 1.74 bits per heavy atom. The van der Waals surface area contributed by atoms with E-state index in [1.807, 2.05) is 42.5 Å². The number of hydrogen-bond acceptors (Lipinski definition) is 6. The number of aryl methyl sites for hydroxylation is 1. The molecular formula is C23H26N4O2S2. The normalized spacial score (nSPS) is 16.0. The number of nitrogens with one attached hydrogen (secondary N) is 1. The molecule has 0 spiro atoms. The van der Waals surface area contributed by atoms with Gasteiger partial charge in [-0.1, -0.05) is 48.0 Å². The Bertz CT molecular complexity index is 1120. The number of anilines is 2. The summed E-state index contributed by atoms with van der Waals surface area (Å²) in [7, 11) is -3.41. The van der Waals surface area contributed by atoms with Crippen LogP contribution < -0.4 is 5.32 Å². The third-order valence-electron chi connectivity index (χ3n) is 5.16. The van der Waals surface area contributed by atoms with Gasteiger partial charge < -0.3 is 5.32 Å². The first kappa shape index (κ1) is 21.7. The lowest BCUT2D eigenvalue weighted by Gasteiger charge is -2.32. The maximum atomic E-state index is 12.6. The largest absolute Gasteiger partial charge is 0.332 e. The number of hydrogen-bond donors (Lipinski definition) is 1. The van der Waals surface area contributed by atoms with Crippen molar-refractivity contribution in [1.82, 2.24) is 14.2 Å². The third kappa shape index (κ3) is 6.01. The Hall–Kier alpha value is -2.52.